The van der Waals surface area contributed by atoms with Crippen LogP contribution < -0.4 is 9.47 Å². The van der Waals surface area contributed by atoms with E-state index in [1.807, 2.05) is 13.8 Å². The molecule has 0 radical (unpaired) electrons. The second-order valence-corrected chi connectivity index (χ2v) is 7.63. The highest BCUT2D eigenvalue weighted by Gasteiger charge is 2.47. The molecular weight excluding hydrogens is 436 g/mol. The van der Waals surface area contributed by atoms with Crippen LogP contribution in [0.15, 0.2) is 40.5 Å². The van der Waals surface area contributed by atoms with Crippen molar-refractivity contribution in [3.8, 4) is 11.5 Å². The van der Waals surface area contributed by atoms with Crippen LogP contribution in [0.5, 0.6) is 11.5 Å². The van der Waals surface area contributed by atoms with Crippen molar-refractivity contribution in [1.82, 2.24) is 9.80 Å². The number of carbonyl (C=O) groups is 2. The van der Waals surface area contributed by atoms with Crippen LogP contribution in [0.25, 0.3) is 5.76 Å². The second kappa shape index (κ2) is 10.1. The van der Waals surface area contributed by atoms with Gasteiger partial charge in [0.05, 0.1) is 36.6 Å². The predicted octanol–water partition coefficient (Wildman–Crippen LogP) is 3.71. The molecule has 1 fully saturated rings. The number of hydrogen-bond donors (Lipinski definition) is 1. The number of carbonyl (C=O) groups excluding carboxylic acids is 2. The van der Waals surface area contributed by atoms with Gasteiger partial charge in [-0.15, -0.1) is 0 Å². The summed E-state index contributed by atoms with van der Waals surface area (Å²) in [5, 5.41) is 11.5. The van der Waals surface area contributed by atoms with Crippen LogP contribution in [-0.2, 0) is 9.59 Å². The van der Waals surface area contributed by atoms with E-state index in [4.69, 9.17) is 25.5 Å². The first-order chi connectivity index (χ1) is 15.4. The zero-order valence-electron chi connectivity index (χ0n) is 18.6. The van der Waals surface area contributed by atoms with Crippen LogP contribution in [0.1, 0.15) is 31.2 Å². The normalized spacial score (nSPS) is 17.9. The molecule has 8 nitrogen and oxygen atoms in total. The van der Waals surface area contributed by atoms with E-state index in [-0.39, 0.29) is 27.7 Å². The molecule has 1 aromatic heterocycles. The van der Waals surface area contributed by atoms with Crippen LogP contribution in [0.2, 0.25) is 5.02 Å². The molecule has 1 amide bonds. The fraction of sp³-hybridized carbons (Fsp3) is 0.391. The molecule has 0 bridgehead atoms. The molecule has 0 aliphatic carbocycles. The number of Topliss-reactive ketones (excluding diaryl/α,β-unsaturated/α-hetero) is 1. The lowest BCUT2D eigenvalue weighted by atomic mass is 9.98. The molecule has 2 aromatic rings. The summed E-state index contributed by atoms with van der Waals surface area (Å²) in [7, 11) is 2.86. The molecule has 1 atom stereocenters. The Labute approximate surface area is 191 Å². The Bertz CT molecular complexity index is 1010. The van der Waals surface area contributed by atoms with E-state index in [0.717, 1.165) is 13.1 Å². The minimum atomic E-state index is -0.869. The van der Waals surface area contributed by atoms with Crippen molar-refractivity contribution >= 4 is 29.1 Å². The van der Waals surface area contributed by atoms with Crippen LogP contribution in [-0.4, -0.2) is 67.0 Å². The number of ether oxygens (including phenoxy) is 2. The van der Waals surface area contributed by atoms with Crippen molar-refractivity contribution in [2.24, 2.45) is 0 Å². The van der Waals surface area contributed by atoms with Crippen molar-refractivity contribution in [2.75, 3.05) is 40.4 Å². The Hall–Kier alpha value is -2.97. The maximum atomic E-state index is 13.1. The molecule has 9 heteroatoms. The number of benzene rings is 1. The molecule has 2 heterocycles. The molecule has 1 aliphatic heterocycles. The smallest absolute Gasteiger partial charge is 0.295 e. The van der Waals surface area contributed by atoms with Gasteiger partial charge in [-0.3, -0.25) is 9.59 Å². The Morgan fingerprint density at radius 2 is 1.88 bits per heavy atom. The molecular formula is C23H27ClN2O6. The maximum Gasteiger partial charge on any atom is 0.295 e. The number of halogens is 1. The van der Waals surface area contributed by atoms with Crippen molar-refractivity contribution in [3.05, 3.63) is 52.4 Å². The molecule has 3 rings (SSSR count). The summed E-state index contributed by atoms with van der Waals surface area (Å²) in [4.78, 5) is 29.6. The number of hydrogen-bond acceptors (Lipinski definition) is 7. The van der Waals surface area contributed by atoms with E-state index in [1.54, 1.807) is 12.1 Å². The van der Waals surface area contributed by atoms with Gasteiger partial charge in [-0.1, -0.05) is 25.4 Å². The third-order valence-electron chi connectivity index (χ3n) is 5.63. The number of ketones is 1. The van der Waals surface area contributed by atoms with Crippen LogP contribution in [0, 0.1) is 0 Å². The third-order valence-corrected chi connectivity index (χ3v) is 5.93. The summed E-state index contributed by atoms with van der Waals surface area (Å²) in [5.41, 5.74) is 0.110. The first-order valence-corrected chi connectivity index (χ1v) is 10.7. The minimum Gasteiger partial charge on any atom is -0.507 e. The number of likely N-dealkylation sites (N-methyl/N-ethyl adjacent to an activating group) is 1. The van der Waals surface area contributed by atoms with Crippen LogP contribution >= 0.6 is 11.6 Å². The lowest BCUT2D eigenvalue weighted by molar-refractivity contribution is -0.140. The van der Waals surface area contributed by atoms with Gasteiger partial charge >= 0.3 is 0 Å². The maximum absolute atomic E-state index is 13.1. The van der Waals surface area contributed by atoms with Gasteiger partial charge in [-0.05, 0) is 31.3 Å². The highest BCUT2D eigenvalue weighted by molar-refractivity contribution is 6.46. The van der Waals surface area contributed by atoms with Gasteiger partial charge in [0.15, 0.2) is 0 Å². The number of methoxy groups -OCH3 is 2. The van der Waals surface area contributed by atoms with E-state index in [1.165, 1.54) is 37.5 Å². The Balaban J connectivity index is 2.14. The summed E-state index contributed by atoms with van der Waals surface area (Å²) < 4.78 is 16.2. The minimum absolute atomic E-state index is 0.0767. The fourth-order valence-corrected chi connectivity index (χ4v) is 4.06. The highest BCUT2D eigenvalue weighted by Crippen LogP contribution is 2.43. The molecule has 0 spiro atoms. The number of amides is 1. The molecule has 32 heavy (non-hydrogen) atoms. The molecule has 1 saturated heterocycles. The zero-order valence-corrected chi connectivity index (χ0v) is 19.3. The van der Waals surface area contributed by atoms with E-state index in [9.17, 15) is 14.7 Å². The Morgan fingerprint density at radius 1 is 1.19 bits per heavy atom. The standard InChI is InChI=1S/C23H27ClN2O6/c1-5-25(6-2)9-10-26-20(16-8-7-11-32-16)19(22(28)23(26)29)21(27)14-12-18(31-4)15(24)13-17(14)30-3/h7-8,11-13,20,27H,5-6,9-10H2,1-4H3/b21-19+. The van der Waals surface area contributed by atoms with E-state index in [2.05, 4.69) is 4.90 Å². The number of likely N-dealkylation sites (tertiary alicyclic amines) is 1. The second-order valence-electron chi connectivity index (χ2n) is 7.22. The topological polar surface area (TPSA) is 92.5 Å². The van der Waals surface area contributed by atoms with Crippen molar-refractivity contribution in [1.29, 1.82) is 0 Å². The first-order valence-electron chi connectivity index (χ1n) is 10.3. The number of aliphatic hydroxyl groups excluding tert-OH is 1. The van der Waals surface area contributed by atoms with Gasteiger partial charge in [0.1, 0.15) is 29.1 Å². The number of furan rings is 1. The fourth-order valence-electron chi connectivity index (χ4n) is 3.83. The average molecular weight is 463 g/mol. The summed E-state index contributed by atoms with van der Waals surface area (Å²) in [6, 6.07) is 5.43. The molecule has 1 aromatic carbocycles. The van der Waals surface area contributed by atoms with Crippen molar-refractivity contribution in [2.45, 2.75) is 19.9 Å². The molecule has 0 saturated carbocycles. The summed E-state index contributed by atoms with van der Waals surface area (Å²) >= 11 is 6.18. The molecule has 172 valence electrons. The van der Waals surface area contributed by atoms with Crippen LogP contribution in [0.4, 0.5) is 0 Å². The van der Waals surface area contributed by atoms with Gasteiger partial charge in [0.25, 0.3) is 11.7 Å². The summed E-state index contributed by atoms with van der Waals surface area (Å²) in [6.07, 6.45) is 1.46. The van der Waals surface area contributed by atoms with Gasteiger partial charge in [-0.25, -0.2) is 0 Å². The number of aliphatic hydroxyl groups is 1. The van der Waals surface area contributed by atoms with E-state index in [0.29, 0.717) is 24.6 Å². The van der Waals surface area contributed by atoms with E-state index >= 15 is 0 Å². The largest absolute Gasteiger partial charge is 0.507 e. The molecule has 1 unspecified atom stereocenters. The summed E-state index contributed by atoms with van der Waals surface area (Å²) in [5.74, 6) is -0.966. The monoisotopic (exact) mass is 462 g/mol. The highest BCUT2D eigenvalue weighted by atomic mass is 35.5. The molecule has 1 aliphatic rings. The average Bonchev–Trinajstić information content (AvgIpc) is 3.41. The van der Waals surface area contributed by atoms with Gasteiger partial charge in [0.2, 0.25) is 0 Å². The van der Waals surface area contributed by atoms with Crippen LogP contribution in [0.3, 0.4) is 0 Å². The zero-order chi connectivity index (χ0) is 23.4. The Morgan fingerprint density at radius 3 is 2.44 bits per heavy atom. The first kappa shape index (κ1) is 23.7. The van der Waals surface area contributed by atoms with Gasteiger partial charge in [-0.2, -0.15) is 0 Å². The van der Waals surface area contributed by atoms with Gasteiger partial charge in [0, 0.05) is 19.2 Å². The third kappa shape index (κ3) is 4.33. The summed E-state index contributed by atoms with van der Waals surface area (Å²) in [6.45, 7) is 6.57. The molecule has 1 N–H and O–H groups in total. The number of nitrogens with zero attached hydrogens (tertiary/aromatic N) is 2. The lowest BCUT2D eigenvalue weighted by Crippen LogP contribution is -2.37. The predicted molar refractivity (Wildman–Crippen MR) is 120 cm³/mol. The SMILES string of the molecule is CCN(CC)CCN1C(=O)C(=O)/C(=C(/O)c2cc(OC)c(Cl)cc2OC)C1c1ccco1. The quantitative estimate of drug-likeness (QED) is 0.345. The Kier molecular flexibility index (Phi) is 7.48. The van der Waals surface area contributed by atoms with E-state index < -0.39 is 17.7 Å². The lowest BCUT2D eigenvalue weighted by Gasteiger charge is -2.26. The van der Waals surface area contributed by atoms with Gasteiger partial charge < -0.3 is 28.8 Å². The number of rotatable bonds is 9. The van der Waals surface area contributed by atoms with Crippen molar-refractivity contribution in [3.63, 3.8) is 0 Å². The van der Waals surface area contributed by atoms with Crippen molar-refractivity contribution < 1.29 is 28.6 Å².